The number of halogens is 1. The Balaban J connectivity index is 2.86. The zero-order valence-electron chi connectivity index (χ0n) is 12.7. The molecule has 112 valence electrons. The van der Waals surface area contributed by atoms with E-state index in [-0.39, 0.29) is 5.91 Å². The maximum Gasteiger partial charge on any atom is 0.254 e. The SMILES string of the molecule is CCN(CCCN(C)C)C(=O)c1cc(Br)cc(N)c1C. The highest BCUT2D eigenvalue weighted by molar-refractivity contribution is 9.10. The zero-order chi connectivity index (χ0) is 15.3. The number of benzene rings is 1. The summed E-state index contributed by atoms with van der Waals surface area (Å²) in [5, 5.41) is 0. The van der Waals surface area contributed by atoms with Crippen LogP contribution in [0, 0.1) is 6.92 Å². The van der Waals surface area contributed by atoms with E-state index in [0.717, 1.165) is 29.5 Å². The van der Waals surface area contributed by atoms with Gasteiger partial charge in [-0.2, -0.15) is 0 Å². The van der Waals surface area contributed by atoms with E-state index in [4.69, 9.17) is 5.73 Å². The number of amides is 1. The summed E-state index contributed by atoms with van der Waals surface area (Å²) < 4.78 is 0.841. The average molecular weight is 342 g/mol. The number of nitrogen functional groups attached to an aromatic ring is 1. The standard InChI is InChI=1S/C15H24BrN3O/c1-5-19(8-6-7-18(3)4)15(20)13-9-12(16)10-14(17)11(13)2/h9-10H,5-8,17H2,1-4H3. The van der Waals surface area contributed by atoms with E-state index >= 15 is 0 Å². The second-order valence-corrected chi connectivity index (χ2v) is 6.12. The fourth-order valence-corrected chi connectivity index (χ4v) is 2.55. The van der Waals surface area contributed by atoms with Crippen molar-refractivity contribution in [2.45, 2.75) is 20.3 Å². The van der Waals surface area contributed by atoms with Gasteiger partial charge in [-0.15, -0.1) is 0 Å². The van der Waals surface area contributed by atoms with Crippen LogP contribution in [0.1, 0.15) is 29.3 Å². The summed E-state index contributed by atoms with van der Waals surface area (Å²) in [7, 11) is 4.08. The molecule has 0 atom stereocenters. The molecule has 2 N–H and O–H groups in total. The predicted molar refractivity (Wildman–Crippen MR) is 88.0 cm³/mol. The Morgan fingerprint density at radius 2 is 1.95 bits per heavy atom. The molecule has 5 heteroatoms. The van der Waals surface area contributed by atoms with Crippen molar-refractivity contribution in [1.29, 1.82) is 0 Å². The Kier molecular flexibility index (Phi) is 6.49. The maximum absolute atomic E-state index is 12.6. The van der Waals surface area contributed by atoms with Gasteiger partial charge >= 0.3 is 0 Å². The molecule has 1 aromatic carbocycles. The molecule has 1 aromatic rings. The molecule has 20 heavy (non-hydrogen) atoms. The van der Waals surface area contributed by atoms with Gasteiger partial charge in [-0.25, -0.2) is 0 Å². The summed E-state index contributed by atoms with van der Waals surface area (Å²) in [4.78, 5) is 16.6. The second kappa shape index (κ2) is 7.64. The van der Waals surface area contributed by atoms with Crippen molar-refractivity contribution in [2.75, 3.05) is 39.5 Å². The van der Waals surface area contributed by atoms with E-state index < -0.39 is 0 Å². The molecular formula is C15H24BrN3O. The molecule has 0 heterocycles. The lowest BCUT2D eigenvalue weighted by atomic mass is 10.1. The Morgan fingerprint density at radius 1 is 1.30 bits per heavy atom. The molecule has 0 unspecified atom stereocenters. The van der Waals surface area contributed by atoms with Crippen LogP contribution in [-0.2, 0) is 0 Å². The van der Waals surface area contributed by atoms with Gasteiger partial charge in [0.1, 0.15) is 0 Å². The van der Waals surface area contributed by atoms with E-state index in [1.165, 1.54) is 0 Å². The van der Waals surface area contributed by atoms with Crippen molar-refractivity contribution >= 4 is 27.5 Å². The first-order chi connectivity index (χ1) is 9.36. The van der Waals surface area contributed by atoms with Crippen molar-refractivity contribution in [3.63, 3.8) is 0 Å². The molecule has 0 bridgehead atoms. The lowest BCUT2D eigenvalue weighted by Gasteiger charge is -2.23. The highest BCUT2D eigenvalue weighted by Crippen LogP contribution is 2.24. The molecule has 4 nitrogen and oxygen atoms in total. The first kappa shape index (κ1) is 17.0. The van der Waals surface area contributed by atoms with E-state index in [1.807, 2.05) is 45.0 Å². The largest absolute Gasteiger partial charge is 0.398 e. The monoisotopic (exact) mass is 341 g/mol. The van der Waals surface area contributed by atoms with Gasteiger partial charge in [0.15, 0.2) is 0 Å². The van der Waals surface area contributed by atoms with Crippen LogP contribution in [0.3, 0.4) is 0 Å². The number of carbonyl (C=O) groups excluding carboxylic acids is 1. The number of carbonyl (C=O) groups is 1. The predicted octanol–water partition coefficient (Wildman–Crippen LogP) is 2.75. The van der Waals surface area contributed by atoms with Gasteiger partial charge in [-0.3, -0.25) is 4.79 Å². The summed E-state index contributed by atoms with van der Waals surface area (Å²) in [6.07, 6.45) is 0.967. The second-order valence-electron chi connectivity index (χ2n) is 5.21. The summed E-state index contributed by atoms with van der Waals surface area (Å²) >= 11 is 3.40. The Hall–Kier alpha value is -1.07. The smallest absolute Gasteiger partial charge is 0.254 e. The number of hydrogen-bond acceptors (Lipinski definition) is 3. The van der Waals surface area contributed by atoms with Crippen LogP contribution in [0.4, 0.5) is 5.69 Å². The van der Waals surface area contributed by atoms with E-state index in [2.05, 4.69) is 20.8 Å². The van der Waals surface area contributed by atoms with Crippen molar-refractivity contribution in [3.8, 4) is 0 Å². The van der Waals surface area contributed by atoms with Crippen LogP contribution < -0.4 is 5.73 Å². The maximum atomic E-state index is 12.6. The molecule has 1 amide bonds. The molecule has 0 radical (unpaired) electrons. The van der Waals surface area contributed by atoms with Crippen LogP contribution >= 0.6 is 15.9 Å². The molecule has 0 aliphatic rings. The first-order valence-corrected chi connectivity index (χ1v) is 7.65. The first-order valence-electron chi connectivity index (χ1n) is 6.86. The molecule has 0 fully saturated rings. The van der Waals surface area contributed by atoms with E-state index in [0.29, 0.717) is 17.8 Å². The number of nitrogens with two attached hydrogens (primary N) is 1. The van der Waals surface area contributed by atoms with Crippen molar-refractivity contribution in [3.05, 3.63) is 27.7 Å². The van der Waals surface area contributed by atoms with Crippen LogP contribution in [0.25, 0.3) is 0 Å². The average Bonchev–Trinajstić information content (AvgIpc) is 2.38. The number of anilines is 1. The molecule has 0 saturated carbocycles. The molecule has 0 aliphatic heterocycles. The molecular weight excluding hydrogens is 318 g/mol. The summed E-state index contributed by atoms with van der Waals surface area (Å²) in [6, 6.07) is 3.68. The van der Waals surface area contributed by atoms with Crippen molar-refractivity contribution in [1.82, 2.24) is 9.80 Å². The van der Waals surface area contributed by atoms with Crippen LogP contribution in [0.2, 0.25) is 0 Å². The normalized spacial score (nSPS) is 10.9. The minimum absolute atomic E-state index is 0.0526. The third-order valence-electron chi connectivity index (χ3n) is 3.35. The number of rotatable bonds is 6. The topological polar surface area (TPSA) is 49.6 Å². The van der Waals surface area contributed by atoms with Gasteiger partial charge in [0.25, 0.3) is 5.91 Å². The van der Waals surface area contributed by atoms with Gasteiger partial charge < -0.3 is 15.5 Å². The summed E-state index contributed by atoms with van der Waals surface area (Å²) in [5.74, 6) is 0.0526. The Labute approximate surface area is 130 Å². The van der Waals surface area contributed by atoms with Crippen LogP contribution in [0.5, 0.6) is 0 Å². The molecule has 1 rings (SSSR count). The van der Waals surface area contributed by atoms with Gasteiger partial charge in [0.05, 0.1) is 0 Å². The third-order valence-corrected chi connectivity index (χ3v) is 3.80. The van der Waals surface area contributed by atoms with Gasteiger partial charge in [-0.05, 0) is 58.6 Å². The summed E-state index contributed by atoms with van der Waals surface area (Å²) in [5.41, 5.74) is 8.11. The Bertz CT molecular complexity index is 474. The minimum atomic E-state index is 0.0526. The van der Waals surface area contributed by atoms with Gasteiger partial charge in [0.2, 0.25) is 0 Å². The van der Waals surface area contributed by atoms with Gasteiger partial charge in [-0.1, -0.05) is 15.9 Å². The lowest BCUT2D eigenvalue weighted by molar-refractivity contribution is 0.0758. The number of nitrogens with zero attached hydrogens (tertiary/aromatic N) is 2. The molecule has 0 aromatic heterocycles. The minimum Gasteiger partial charge on any atom is -0.398 e. The molecule has 0 aliphatic carbocycles. The molecule has 0 saturated heterocycles. The van der Waals surface area contributed by atoms with Gasteiger partial charge in [0, 0.05) is 28.8 Å². The number of hydrogen-bond donors (Lipinski definition) is 1. The van der Waals surface area contributed by atoms with E-state index in [1.54, 1.807) is 0 Å². The fourth-order valence-electron chi connectivity index (χ4n) is 2.07. The quantitative estimate of drug-likeness (QED) is 0.809. The Morgan fingerprint density at radius 3 is 2.50 bits per heavy atom. The molecule has 0 spiro atoms. The highest BCUT2D eigenvalue weighted by atomic mass is 79.9. The lowest BCUT2D eigenvalue weighted by Crippen LogP contribution is -2.33. The summed E-state index contributed by atoms with van der Waals surface area (Å²) in [6.45, 7) is 6.34. The van der Waals surface area contributed by atoms with Crippen molar-refractivity contribution < 1.29 is 4.79 Å². The van der Waals surface area contributed by atoms with E-state index in [9.17, 15) is 4.79 Å². The highest BCUT2D eigenvalue weighted by Gasteiger charge is 2.17. The fraction of sp³-hybridized carbons (Fsp3) is 0.533. The zero-order valence-corrected chi connectivity index (χ0v) is 14.3. The van der Waals surface area contributed by atoms with Crippen LogP contribution in [-0.4, -0.2) is 49.4 Å². The van der Waals surface area contributed by atoms with Crippen LogP contribution in [0.15, 0.2) is 16.6 Å². The van der Waals surface area contributed by atoms with Crippen molar-refractivity contribution in [2.24, 2.45) is 0 Å². The third kappa shape index (κ3) is 4.49.